The number of nitrogens with one attached hydrogen (secondary N) is 1. The molecule has 2 aromatic heterocycles. The van der Waals surface area contributed by atoms with Crippen LogP contribution in [0.5, 0.6) is 0 Å². The molecule has 1 amide bonds. The van der Waals surface area contributed by atoms with Gasteiger partial charge in [-0.1, -0.05) is 30.0 Å². The average molecular weight is 420 g/mol. The van der Waals surface area contributed by atoms with Gasteiger partial charge in [-0.15, -0.1) is 0 Å². The summed E-state index contributed by atoms with van der Waals surface area (Å²) in [6.07, 6.45) is 4.24. The lowest BCUT2D eigenvalue weighted by atomic mass is 10.2. The first kappa shape index (κ1) is 19.5. The van der Waals surface area contributed by atoms with Gasteiger partial charge in [0.05, 0.1) is 15.3 Å². The van der Waals surface area contributed by atoms with Crippen LogP contribution < -0.4 is 5.32 Å². The summed E-state index contributed by atoms with van der Waals surface area (Å²) in [7, 11) is 0. The minimum Gasteiger partial charge on any atom is -0.465 e. The Morgan fingerprint density at radius 2 is 2.00 bits per heavy atom. The molecule has 2 heterocycles. The molecule has 8 nitrogen and oxygen atoms in total. The maximum atomic E-state index is 11.4. The zero-order chi connectivity index (χ0) is 21.1. The van der Waals surface area contributed by atoms with E-state index in [9.17, 15) is 14.9 Å². The Morgan fingerprint density at radius 3 is 2.73 bits per heavy atom. The molecule has 0 saturated carbocycles. The van der Waals surface area contributed by atoms with Crippen LogP contribution in [0.2, 0.25) is 0 Å². The second-order valence-corrected chi connectivity index (χ2v) is 7.56. The van der Waals surface area contributed by atoms with E-state index in [1.54, 1.807) is 42.7 Å². The number of para-hydroxylation sites is 1. The lowest BCUT2D eigenvalue weighted by Crippen LogP contribution is -2.07. The summed E-state index contributed by atoms with van der Waals surface area (Å²) in [4.78, 5) is 27.5. The topological polar surface area (TPSA) is 110 Å². The van der Waals surface area contributed by atoms with Crippen molar-refractivity contribution in [1.29, 1.82) is 0 Å². The lowest BCUT2D eigenvalue weighted by molar-refractivity contribution is -0.387. The van der Waals surface area contributed by atoms with Crippen LogP contribution >= 0.6 is 11.8 Å². The number of hydrogen-bond acceptors (Lipinski definition) is 5. The zero-order valence-electron chi connectivity index (χ0n) is 15.6. The Morgan fingerprint density at radius 1 is 1.17 bits per heavy atom. The standard InChI is InChI=1S/C21H16N4O4S/c26-21(27)23-15-7-8-16-18(10-15)24(12-14-4-3-9-22-11-14)13-20(16)30-19-6-2-1-5-17(19)25(28)29/h1-11,13,23H,12H2,(H,26,27). The highest BCUT2D eigenvalue weighted by atomic mass is 32.2. The number of nitro benzene ring substituents is 1. The fourth-order valence-electron chi connectivity index (χ4n) is 3.17. The van der Waals surface area contributed by atoms with Crippen LogP contribution in [0.4, 0.5) is 16.2 Å². The summed E-state index contributed by atoms with van der Waals surface area (Å²) in [5.74, 6) is 0. The summed E-state index contributed by atoms with van der Waals surface area (Å²) in [6, 6.07) is 15.6. The number of carboxylic acid groups (broad SMARTS) is 1. The number of carbonyl (C=O) groups is 1. The van der Waals surface area contributed by atoms with E-state index in [-0.39, 0.29) is 5.69 Å². The minimum absolute atomic E-state index is 0.0415. The molecule has 0 unspecified atom stereocenters. The molecule has 4 rings (SSSR count). The molecule has 2 N–H and O–H groups in total. The SMILES string of the molecule is O=C(O)Nc1ccc2c(Sc3ccccc3[N+](=O)[O-])cn(Cc3cccnc3)c2c1. The molecule has 4 aromatic rings. The number of fused-ring (bicyclic) bond motifs is 1. The highest BCUT2D eigenvalue weighted by Gasteiger charge is 2.17. The van der Waals surface area contributed by atoms with Gasteiger partial charge < -0.3 is 9.67 Å². The third kappa shape index (κ3) is 4.11. The van der Waals surface area contributed by atoms with Crippen molar-refractivity contribution in [3.8, 4) is 0 Å². The van der Waals surface area contributed by atoms with Gasteiger partial charge in [-0.3, -0.25) is 20.4 Å². The van der Waals surface area contributed by atoms with E-state index in [1.807, 2.05) is 29.0 Å². The molecule has 0 radical (unpaired) electrons. The van der Waals surface area contributed by atoms with E-state index in [0.717, 1.165) is 21.4 Å². The van der Waals surface area contributed by atoms with Crippen LogP contribution in [0.3, 0.4) is 0 Å². The normalized spacial score (nSPS) is 10.8. The predicted molar refractivity (Wildman–Crippen MR) is 114 cm³/mol. The van der Waals surface area contributed by atoms with E-state index in [2.05, 4.69) is 10.3 Å². The Bertz CT molecular complexity index is 1240. The number of aromatic nitrogens is 2. The number of pyridine rings is 1. The Labute approximate surface area is 175 Å². The van der Waals surface area contributed by atoms with Gasteiger partial charge in [0.2, 0.25) is 0 Å². The largest absolute Gasteiger partial charge is 0.465 e. The average Bonchev–Trinajstić information content (AvgIpc) is 3.05. The molecule has 150 valence electrons. The fourth-order valence-corrected chi connectivity index (χ4v) is 4.27. The van der Waals surface area contributed by atoms with Gasteiger partial charge in [0.15, 0.2) is 0 Å². The molecule has 0 atom stereocenters. The lowest BCUT2D eigenvalue weighted by Gasteiger charge is -2.07. The molecule has 0 aliphatic heterocycles. The summed E-state index contributed by atoms with van der Waals surface area (Å²) in [5.41, 5.74) is 2.28. The molecule has 0 fully saturated rings. The summed E-state index contributed by atoms with van der Waals surface area (Å²) in [5, 5.41) is 23.7. The van der Waals surface area contributed by atoms with Crippen molar-refractivity contribution in [2.45, 2.75) is 16.3 Å². The number of amides is 1. The molecular weight excluding hydrogens is 404 g/mol. The van der Waals surface area contributed by atoms with E-state index >= 15 is 0 Å². The smallest absolute Gasteiger partial charge is 0.409 e. The maximum absolute atomic E-state index is 11.4. The second-order valence-electron chi connectivity index (χ2n) is 6.47. The third-order valence-electron chi connectivity index (χ3n) is 4.45. The Hall–Kier alpha value is -3.85. The maximum Gasteiger partial charge on any atom is 0.409 e. The molecule has 0 spiro atoms. The molecule has 30 heavy (non-hydrogen) atoms. The van der Waals surface area contributed by atoms with Gasteiger partial charge >= 0.3 is 6.09 Å². The first-order valence-corrected chi connectivity index (χ1v) is 9.76. The van der Waals surface area contributed by atoms with E-state index < -0.39 is 11.0 Å². The Balaban J connectivity index is 1.80. The van der Waals surface area contributed by atoms with Gasteiger partial charge in [-0.25, -0.2) is 4.79 Å². The second kappa shape index (κ2) is 8.26. The molecule has 9 heteroatoms. The molecule has 0 aliphatic carbocycles. The Kier molecular flexibility index (Phi) is 5.36. The first-order chi connectivity index (χ1) is 14.5. The summed E-state index contributed by atoms with van der Waals surface area (Å²) >= 11 is 1.31. The van der Waals surface area contributed by atoms with Crippen molar-refractivity contribution in [2.75, 3.05) is 5.32 Å². The molecule has 2 aromatic carbocycles. The number of nitro groups is 1. The number of rotatable bonds is 6. The molecule has 0 bridgehead atoms. The van der Waals surface area contributed by atoms with Gasteiger partial charge in [0.25, 0.3) is 5.69 Å². The van der Waals surface area contributed by atoms with Gasteiger partial charge in [-0.05, 0) is 35.9 Å². The van der Waals surface area contributed by atoms with Crippen LogP contribution in [0, 0.1) is 10.1 Å². The molecule has 0 saturated heterocycles. The van der Waals surface area contributed by atoms with Crippen LogP contribution in [-0.4, -0.2) is 25.7 Å². The van der Waals surface area contributed by atoms with E-state index in [4.69, 9.17) is 5.11 Å². The number of hydrogen-bond donors (Lipinski definition) is 2. The van der Waals surface area contributed by atoms with Crippen LogP contribution in [-0.2, 0) is 6.54 Å². The van der Waals surface area contributed by atoms with E-state index in [0.29, 0.717) is 17.1 Å². The zero-order valence-corrected chi connectivity index (χ0v) is 16.4. The molecular formula is C21H16N4O4S. The van der Waals surface area contributed by atoms with Gasteiger partial charge in [0, 0.05) is 47.2 Å². The fraction of sp³-hybridized carbons (Fsp3) is 0.0476. The van der Waals surface area contributed by atoms with Gasteiger partial charge in [-0.2, -0.15) is 0 Å². The third-order valence-corrected chi connectivity index (χ3v) is 5.56. The quantitative estimate of drug-likeness (QED) is 0.326. The highest BCUT2D eigenvalue weighted by Crippen LogP contribution is 2.40. The van der Waals surface area contributed by atoms with Gasteiger partial charge in [0.1, 0.15) is 0 Å². The van der Waals surface area contributed by atoms with Crippen LogP contribution in [0.15, 0.2) is 83.0 Å². The van der Waals surface area contributed by atoms with Crippen molar-refractivity contribution in [2.24, 2.45) is 0 Å². The summed E-state index contributed by atoms with van der Waals surface area (Å²) < 4.78 is 1.98. The number of benzene rings is 2. The summed E-state index contributed by atoms with van der Waals surface area (Å²) in [6.45, 7) is 0.526. The number of nitrogens with zero attached hydrogens (tertiary/aromatic N) is 3. The van der Waals surface area contributed by atoms with Crippen molar-refractivity contribution < 1.29 is 14.8 Å². The van der Waals surface area contributed by atoms with Crippen molar-refractivity contribution >= 4 is 40.1 Å². The highest BCUT2D eigenvalue weighted by molar-refractivity contribution is 7.99. The first-order valence-electron chi connectivity index (χ1n) is 8.94. The van der Waals surface area contributed by atoms with Crippen molar-refractivity contribution in [1.82, 2.24) is 9.55 Å². The van der Waals surface area contributed by atoms with Crippen molar-refractivity contribution in [3.63, 3.8) is 0 Å². The monoisotopic (exact) mass is 420 g/mol. The predicted octanol–water partition coefficient (Wildman–Crippen LogP) is 5.23. The molecule has 0 aliphatic rings. The minimum atomic E-state index is -1.14. The van der Waals surface area contributed by atoms with E-state index in [1.165, 1.54) is 17.8 Å². The van der Waals surface area contributed by atoms with Crippen LogP contribution in [0.25, 0.3) is 10.9 Å². The number of anilines is 1. The van der Waals surface area contributed by atoms with Crippen molar-refractivity contribution in [3.05, 3.63) is 88.9 Å². The van der Waals surface area contributed by atoms with Crippen LogP contribution in [0.1, 0.15) is 5.56 Å².